The highest BCUT2D eigenvalue weighted by Crippen LogP contribution is 2.33. The van der Waals surface area contributed by atoms with E-state index < -0.39 is 11.7 Å². The van der Waals surface area contributed by atoms with Crippen LogP contribution in [0.2, 0.25) is 0 Å². The predicted molar refractivity (Wildman–Crippen MR) is 66.8 cm³/mol. The van der Waals surface area contributed by atoms with E-state index in [1.807, 2.05) is 0 Å². The summed E-state index contributed by atoms with van der Waals surface area (Å²) in [5.74, 6) is -0.428. The van der Waals surface area contributed by atoms with Crippen molar-refractivity contribution >= 4 is 11.5 Å². The fraction of sp³-hybridized carbons (Fsp3) is 0.500. The first-order valence-corrected chi connectivity index (χ1v) is 6.40. The third kappa shape index (κ3) is 3.08. The summed E-state index contributed by atoms with van der Waals surface area (Å²) in [5.41, 5.74) is 4.98. The Bertz CT molecular complexity index is 476. The molecule has 2 rings (SSSR count). The van der Waals surface area contributed by atoms with E-state index in [1.165, 1.54) is 6.07 Å². The van der Waals surface area contributed by atoms with Gasteiger partial charge in [0.2, 0.25) is 0 Å². The predicted octanol–water partition coefficient (Wildman–Crippen LogP) is 4.05. The van der Waals surface area contributed by atoms with Gasteiger partial charge in [-0.3, -0.25) is 4.79 Å². The first-order valence-electron chi connectivity index (χ1n) is 6.40. The first kappa shape index (κ1) is 13.9. The van der Waals surface area contributed by atoms with Crippen LogP contribution in [0.4, 0.5) is 18.9 Å². The molecule has 1 fully saturated rings. The summed E-state index contributed by atoms with van der Waals surface area (Å²) in [6.45, 7) is 0. The second-order valence-corrected chi connectivity index (χ2v) is 5.00. The minimum Gasteiger partial charge on any atom is -0.398 e. The highest BCUT2D eigenvalue weighted by atomic mass is 19.4. The molecular weight excluding hydrogens is 255 g/mol. The molecule has 2 N–H and O–H groups in total. The van der Waals surface area contributed by atoms with Gasteiger partial charge in [0.15, 0.2) is 5.78 Å². The summed E-state index contributed by atoms with van der Waals surface area (Å²) in [5, 5.41) is 0. The van der Waals surface area contributed by atoms with Crippen LogP contribution in [0.25, 0.3) is 0 Å². The van der Waals surface area contributed by atoms with E-state index in [2.05, 4.69) is 0 Å². The summed E-state index contributed by atoms with van der Waals surface area (Å²) in [7, 11) is 0. The highest BCUT2D eigenvalue weighted by Gasteiger charge is 2.32. The molecule has 1 saturated carbocycles. The molecule has 104 valence electrons. The zero-order valence-electron chi connectivity index (χ0n) is 10.5. The minimum atomic E-state index is -4.45. The number of hydrogen-bond donors (Lipinski definition) is 1. The first-order chi connectivity index (χ1) is 8.89. The van der Waals surface area contributed by atoms with Crippen molar-refractivity contribution in [2.75, 3.05) is 5.73 Å². The number of benzene rings is 1. The van der Waals surface area contributed by atoms with Crippen molar-refractivity contribution in [3.8, 4) is 0 Å². The number of anilines is 1. The van der Waals surface area contributed by atoms with Crippen LogP contribution in [-0.2, 0) is 6.18 Å². The maximum atomic E-state index is 12.7. The van der Waals surface area contributed by atoms with Gasteiger partial charge < -0.3 is 5.73 Å². The Labute approximate surface area is 109 Å². The molecule has 0 unspecified atom stereocenters. The van der Waals surface area contributed by atoms with Crippen LogP contribution in [0, 0.1) is 5.92 Å². The number of carbonyl (C=O) groups excluding carboxylic acids is 1. The monoisotopic (exact) mass is 271 g/mol. The molecule has 0 heterocycles. The second kappa shape index (κ2) is 5.23. The summed E-state index contributed by atoms with van der Waals surface area (Å²) in [4.78, 5) is 12.3. The molecular formula is C14H16F3NO. The van der Waals surface area contributed by atoms with Crippen molar-refractivity contribution in [2.24, 2.45) is 5.92 Å². The zero-order chi connectivity index (χ0) is 14.0. The van der Waals surface area contributed by atoms with Crippen LogP contribution in [0.1, 0.15) is 48.0 Å². The van der Waals surface area contributed by atoms with Crippen molar-refractivity contribution < 1.29 is 18.0 Å². The average molecular weight is 271 g/mol. The molecule has 1 aliphatic rings. The third-order valence-electron chi connectivity index (χ3n) is 3.62. The lowest BCUT2D eigenvalue weighted by Gasteiger charge is -2.21. The Hall–Kier alpha value is -1.52. The zero-order valence-corrected chi connectivity index (χ0v) is 10.5. The van der Waals surface area contributed by atoms with Gasteiger partial charge >= 0.3 is 6.18 Å². The lowest BCUT2D eigenvalue weighted by Crippen LogP contribution is -2.20. The largest absolute Gasteiger partial charge is 0.416 e. The summed E-state index contributed by atoms with van der Waals surface area (Å²) < 4.78 is 38.0. The third-order valence-corrected chi connectivity index (χ3v) is 3.62. The lowest BCUT2D eigenvalue weighted by atomic mass is 9.83. The number of halogens is 3. The van der Waals surface area contributed by atoms with E-state index in [-0.39, 0.29) is 23.0 Å². The number of rotatable bonds is 2. The van der Waals surface area contributed by atoms with Crippen molar-refractivity contribution in [1.82, 2.24) is 0 Å². The molecule has 0 aromatic heterocycles. The van der Waals surface area contributed by atoms with Crippen molar-refractivity contribution in [3.05, 3.63) is 29.3 Å². The number of hydrogen-bond acceptors (Lipinski definition) is 2. The van der Waals surface area contributed by atoms with E-state index >= 15 is 0 Å². The van der Waals surface area contributed by atoms with Gasteiger partial charge in [0.1, 0.15) is 0 Å². The molecule has 0 atom stereocenters. The summed E-state index contributed by atoms with van der Waals surface area (Å²) >= 11 is 0. The van der Waals surface area contributed by atoms with E-state index in [0.717, 1.165) is 44.2 Å². The molecule has 0 bridgehead atoms. The molecule has 2 nitrogen and oxygen atoms in total. The maximum absolute atomic E-state index is 12.7. The standard InChI is InChI=1S/C14H16F3NO/c15-14(16,17)10-6-7-12(18)11(8-10)13(19)9-4-2-1-3-5-9/h6-9H,1-5,18H2. The Morgan fingerprint density at radius 3 is 2.37 bits per heavy atom. The van der Waals surface area contributed by atoms with Gasteiger partial charge in [0.25, 0.3) is 0 Å². The number of alkyl halides is 3. The van der Waals surface area contributed by atoms with Gasteiger partial charge in [-0.05, 0) is 31.0 Å². The van der Waals surface area contributed by atoms with Crippen LogP contribution in [-0.4, -0.2) is 5.78 Å². The van der Waals surface area contributed by atoms with Crippen molar-refractivity contribution in [1.29, 1.82) is 0 Å². The number of nitrogen functional groups attached to an aromatic ring is 1. The van der Waals surface area contributed by atoms with Gasteiger partial charge in [-0.15, -0.1) is 0 Å². The fourth-order valence-electron chi connectivity index (χ4n) is 2.53. The maximum Gasteiger partial charge on any atom is 0.416 e. The molecule has 5 heteroatoms. The van der Waals surface area contributed by atoms with E-state index in [4.69, 9.17) is 5.73 Å². The van der Waals surface area contributed by atoms with Crippen LogP contribution < -0.4 is 5.73 Å². The Morgan fingerprint density at radius 1 is 1.16 bits per heavy atom. The Morgan fingerprint density at radius 2 is 1.79 bits per heavy atom. The minimum absolute atomic E-state index is 0.0155. The second-order valence-electron chi connectivity index (χ2n) is 5.00. The van der Waals surface area contributed by atoms with Gasteiger partial charge in [0, 0.05) is 17.2 Å². The van der Waals surface area contributed by atoms with Crippen LogP contribution >= 0.6 is 0 Å². The van der Waals surface area contributed by atoms with Crippen LogP contribution in [0.15, 0.2) is 18.2 Å². The Balaban J connectivity index is 2.30. The topological polar surface area (TPSA) is 43.1 Å². The molecule has 1 aliphatic carbocycles. The van der Waals surface area contributed by atoms with Gasteiger partial charge in [0.05, 0.1) is 5.56 Å². The molecule has 0 spiro atoms. The molecule has 1 aromatic carbocycles. The van der Waals surface area contributed by atoms with Crippen LogP contribution in [0.5, 0.6) is 0 Å². The molecule has 0 amide bonds. The number of nitrogens with two attached hydrogens (primary N) is 1. The quantitative estimate of drug-likeness (QED) is 0.651. The van der Waals surface area contributed by atoms with Crippen molar-refractivity contribution in [2.45, 2.75) is 38.3 Å². The molecule has 1 aromatic rings. The smallest absolute Gasteiger partial charge is 0.398 e. The Kier molecular flexibility index (Phi) is 3.83. The highest BCUT2D eigenvalue weighted by molar-refractivity contribution is 6.02. The number of carbonyl (C=O) groups is 1. The normalized spacial score (nSPS) is 17.4. The van der Waals surface area contributed by atoms with E-state index in [0.29, 0.717) is 0 Å². The molecule has 19 heavy (non-hydrogen) atoms. The summed E-state index contributed by atoms with van der Waals surface area (Å²) in [6.07, 6.45) is 0.0325. The average Bonchev–Trinajstić information content (AvgIpc) is 2.38. The number of ketones is 1. The van der Waals surface area contributed by atoms with Gasteiger partial charge in [-0.1, -0.05) is 19.3 Å². The fourth-order valence-corrected chi connectivity index (χ4v) is 2.53. The van der Waals surface area contributed by atoms with Crippen LogP contribution in [0.3, 0.4) is 0 Å². The van der Waals surface area contributed by atoms with E-state index in [9.17, 15) is 18.0 Å². The summed E-state index contributed by atoms with van der Waals surface area (Å²) in [6, 6.07) is 2.96. The SMILES string of the molecule is Nc1ccc(C(F)(F)F)cc1C(=O)C1CCCCC1. The van der Waals surface area contributed by atoms with Crippen molar-refractivity contribution in [3.63, 3.8) is 0 Å². The lowest BCUT2D eigenvalue weighted by molar-refractivity contribution is -0.137. The van der Waals surface area contributed by atoms with E-state index in [1.54, 1.807) is 0 Å². The van der Waals surface area contributed by atoms with Gasteiger partial charge in [-0.2, -0.15) is 13.2 Å². The molecule has 0 saturated heterocycles. The van der Waals surface area contributed by atoms with Gasteiger partial charge in [-0.25, -0.2) is 0 Å². The number of Topliss-reactive ketones (excluding diaryl/α,β-unsaturated/α-hetero) is 1. The molecule has 0 radical (unpaired) electrons. The molecule has 0 aliphatic heterocycles.